The Morgan fingerprint density at radius 1 is 1.07 bits per heavy atom. The zero-order chi connectivity index (χ0) is 20.1. The Bertz CT molecular complexity index is 921. The van der Waals surface area contributed by atoms with Crippen LogP contribution < -0.4 is 5.48 Å². The smallest absolute Gasteiger partial charge is 0.246 e. The minimum atomic E-state index is -3.53. The summed E-state index contributed by atoms with van der Waals surface area (Å²) in [6.45, 7) is 4.81. The van der Waals surface area contributed by atoms with Crippen LogP contribution in [-0.2, 0) is 26.3 Å². The number of benzene rings is 2. The van der Waals surface area contributed by atoms with Gasteiger partial charge in [-0.05, 0) is 55.5 Å². The lowest BCUT2D eigenvalue weighted by Crippen LogP contribution is -2.43. The van der Waals surface area contributed by atoms with Crippen molar-refractivity contribution in [1.82, 2.24) is 9.79 Å². The second-order valence-corrected chi connectivity index (χ2v) is 9.10. The molecule has 1 heterocycles. The van der Waals surface area contributed by atoms with Crippen LogP contribution >= 0.6 is 0 Å². The molecule has 0 atom stereocenters. The Balaban J connectivity index is 1.52. The molecule has 0 spiro atoms. The minimum absolute atomic E-state index is 0.195. The maximum Gasteiger partial charge on any atom is 0.246 e. The van der Waals surface area contributed by atoms with Crippen LogP contribution in [0.15, 0.2) is 53.4 Å². The van der Waals surface area contributed by atoms with Gasteiger partial charge < -0.3 is 0 Å². The first-order chi connectivity index (χ1) is 13.4. The van der Waals surface area contributed by atoms with Crippen LogP contribution in [0.1, 0.15) is 29.5 Å². The number of carbonyl (C=O) groups is 1. The average Bonchev–Trinajstić information content (AvgIpc) is 2.71. The molecule has 7 heteroatoms. The van der Waals surface area contributed by atoms with Gasteiger partial charge in [-0.15, -0.1) is 0 Å². The van der Waals surface area contributed by atoms with E-state index in [-0.39, 0.29) is 11.8 Å². The van der Waals surface area contributed by atoms with Crippen LogP contribution in [0.2, 0.25) is 0 Å². The van der Waals surface area contributed by atoms with Crippen LogP contribution in [0.4, 0.5) is 0 Å². The molecule has 0 saturated carbocycles. The molecular weight excluding hydrogens is 376 g/mol. The summed E-state index contributed by atoms with van der Waals surface area (Å²) in [7, 11) is -3.53. The second-order valence-electron chi connectivity index (χ2n) is 7.17. The van der Waals surface area contributed by atoms with Crippen LogP contribution in [0.25, 0.3) is 0 Å². The number of carbonyl (C=O) groups excluding carboxylic acids is 1. The number of nitrogens with zero attached hydrogens (tertiary/aromatic N) is 1. The zero-order valence-electron chi connectivity index (χ0n) is 16.2. The maximum absolute atomic E-state index is 12.9. The number of sulfonamides is 1. The molecule has 2 aromatic carbocycles. The van der Waals surface area contributed by atoms with E-state index in [2.05, 4.69) is 5.48 Å². The van der Waals surface area contributed by atoms with E-state index in [4.69, 9.17) is 4.84 Å². The van der Waals surface area contributed by atoms with Gasteiger partial charge in [-0.3, -0.25) is 9.63 Å². The number of rotatable bonds is 6. The molecule has 28 heavy (non-hydrogen) atoms. The van der Waals surface area contributed by atoms with Crippen molar-refractivity contribution in [3.05, 3.63) is 65.2 Å². The van der Waals surface area contributed by atoms with Crippen LogP contribution in [-0.4, -0.2) is 31.7 Å². The van der Waals surface area contributed by atoms with E-state index in [0.29, 0.717) is 37.4 Å². The van der Waals surface area contributed by atoms with Gasteiger partial charge in [0.2, 0.25) is 15.9 Å². The molecule has 1 N–H and O–H groups in total. The zero-order valence-corrected chi connectivity index (χ0v) is 17.0. The van der Waals surface area contributed by atoms with Gasteiger partial charge in [-0.1, -0.05) is 36.4 Å². The molecule has 0 aliphatic carbocycles. The fourth-order valence-electron chi connectivity index (χ4n) is 3.23. The lowest BCUT2D eigenvalue weighted by molar-refractivity contribution is -0.140. The molecular formula is C21H26N2O4S. The summed E-state index contributed by atoms with van der Waals surface area (Å²) in [5.41, 5.74) is 5.47. The standard InChI is InChI=1S/C21H26N2O4S/c1-16-8-9-20(14-17(16)2)28(25,26)23-12-10-19(11-13-23)21(24)22-27-15-18-6-4-3-5-7-18/h3-9,14,19H,10-13,15H2,1-2H3,(H,22,24). The average molecular weight is 403 g/mol. The van der Waals surface area contributed by atoms with Gasteiger partial charge in [-0.25, -0.2) is 13.9 Å². The molecule has 2 aromatic rings. The van der Waals surface area contributed by atoms with Crippen molar-refractivity contribution in [1.29, 1.82) is 0 Å². The molecule has 0 unspecified atom stereocenters. The van der Waals surface area contributed by atoms with E-state index >= 15 is 0 Å². The third kappa shape index (κ3) is 4.79. The quantitative estimate of drug-likeness (QED) is 0.754. The molecule has 6 nitrogen and oxygen atoms in total. The third-order valence-electron chi connectivity index (χ3n) is 5.20. The summed E-state index contributed by atoms with van der Waals surface area (Å²) in [6.07, 6.45) is 0.954. The second kappa shape index (κ2) is 8.86. The van der Waals surface area contributed by atoms with Gasteiger partial charge in [0.1, 0.15) is 0 Å². The highest BCUT2D eigenvalue weighted by atomic mass is 32.2. The van der Waals surface area contributed by atoms with Gasteiger partial charge in [0, 0.05) is 19.0 Å². The summed E-state index contributed by atoms with van der Waals surface area (Å²) >= 11 is 0. The number of hydrogen-bond acceptors (Lipinski definition) is 4. The molecule has 1 amide bonds. The van der Waals surface area contributed by atoms with Crippen molar-refractivity contribution in [3.8, 4) is 0 Å². The molecule has 0 bridgehead atoms. The predicted octanol–water partition coefficient (Wildman–Crippen LogP) is 2.95. The van der Waals surface area contributed by atoms with E-state index in [0.717, 1.165) is 16.7 Å². The number of hydrogen-bond donors (Lipinski definition) is 1. The van der Waals surface area contributed by atoms with Gasteiger partial charge in [-0.2, -0.15) is 4.31 Å². The Morgan fingerprint density at radius 2 is 1.75 bits per heavy atom. The van der Waals surface area contributed by atoms with Gasteiger partial charge in [0.15, 0.2) is 0 Å². The monoisotopic (exact) mass is 402 g/mol. The van der Waals surface area contributed by atoms with Gasteiger partial charge >= 0.3 is 0 Å². The molecule has 1 aliphatic heterocycles. The Kier molecular flexibility index (Phi) is 6.49. The number of piperidine rings is 1. The number of hydroxylamine groups is 1. The van der Waals surface area contributed by atoms with Crippen LogP contribution in [0.3, 0.4) is 0 Å². The number of amides is 1. The van der Waals surface area contributed by atoms with Crippen molar-refractivity contribution in [2.24, 2.45) is 5.92 Å². The highest BCUT2D eigenvalue weighted by molar-refractivity contribution is 7.89. The van der Waals surface area contributed by atoms with E-state index in [9.17, 15) is 13.2 Å². The highest BCUT2D eigenvalue weighted by Gasteiger charge is 2.32. The first-order valence-corrected chi connectivity index (χ1v) is 10.8. The number of nitrogens with one attached hydrogen (secondary N) is 1. The van der Waals surface area contributed by atoms with Crippen LogP contribution in [0, 0.1) is 19.8 Å². The summed E-state index contributed by atoms with van der Waals surface area (Å²) < 4.78 is 27.2. The molecule has 1 fully saturated rings. The van der Waals surface area contributed by atoms with Crippen molar-refractivity contribution >= 4 is 15.9 Å². The Hall–Kier alpha value is -2.22. The summed E-state index contributed by atoms with van der Waals surface area (Å²) in [5, 5.41) is 0. The van der Waals surface area contributed by atoms with E-state index in [1.54, 1.807) is 12.1 Å². The molecule has 1 aliphatic rings. The Labute approximate surface area is 166 Å². The lowest BCUT2D eigenvalue weighted by atomic mass is 9.98. The molecule has 3 rings (SSSR count). The molecule has 0 radical (unpaired) electrons. The highest BCUT2D eigenvalue weighted by Crippen LogP contribution is 2.25. The SMILES string of the molecule is Cc1ccc(S(=O)(=O)N2CCC(C(=O)NOCc3ccccc3)CC2)cc1C. The molecule has 0 aromatic heterocycles. The van der Waals surface area contributed by atoms with E-state index in [1.807, 2.05) is 50.2 Å². The summed E-state index contributed by atoms with van der Waals surface area (Å²) in [4.78, 5) is 17.9. The van der Waals surface area contributed by atoms with Crippen molar-refractivity contribution < 1.29 is 18.0 Å². The minimum Gasteiger partial charge on any atom is -0.272 e. The fourth-order valence-corrected chi connectivity index (χ4v) is 4.79. The van der Waals surface area contributed by atoms with Crippen molar-refractivity contribution in [2.45, 2.75) is 38.2 Å². The largest absolute Gasteiger partial charge is 0.272 e. The summed E-state index contributed by atoms with van der Waals surface area (Å²) in [5.74, 6) is -0.443. The van der Waals surface area contributed by atoms with Crippen molar-refractivity contribution in [2.75, 3.05) is 13.1 Å². The van der Waals surface area contributed by atoms with Crippen LogP contribution in [0.5, 0.6) is 0 Å². The van der Waals surface area contributed by atoms with E-state index in [1.165, 1.54) is 4.31 Å². The van der Waals surface area contributed by atoms with E-state index < -0.39 is 10.0 Å². The van der Waals surface area contributed by atoms with Crippen molar-refractivity contribution in [3.63, 3.8) is 0 Å². The predicted molar refractivity (Wildman–Crippen MR) is 107 cm³/mol. The topological polar surface area (TPSA) is 75.7 Å². The maximum atomic E-state index is 12.9. The third-order valence-corrected chi connectivity index (χ3v) is 7.09. The summed E-state index contributed by atoms with van der Waals surface area (Å²) in [6, 6.07) is 14.8. The number of aryl methyl sites for hydroxylation is 2. The fraction of sp³-hybridized carbons (Fsp3) is 0.381. The van der Waals surface area contributed by atoms with Gasteiger partial charge in [0.05, 0.1) is 11.5 Å². The first kappa shape index (κ1) is 20.5. The normalized spacial score (nSPS) is 16.1. The molecule has 150 valence electrons. The van der Waals surface area contributed by atoms with Gasteiger partial charge in [0.25, 0.3) is 0 Å². The first-order valence-electron chi connectivity index (χ1n) is 9.41. The Morgan fingerprint density at radius 3 is 2.39 bits per heavy atom. The molecule has 1 saturated heterocycles. The lowest BCUT2D eigenvalue weighted by Gasteiger charge is -2.30.